The van der Waals surface area contributed by atoms with Crippen LogP contribution in [0.4, 0.5) is 4.39 Å². The molecule has 3 nitrogen and oxygen atoms in total. The molecule has 1 aromatic rings. The SMILES string of the molecule is Cc1c(F)cc(B2OC(C)(C)C(C)(C)O2)cc1CO. The zero-order chi connectivity index (χ0) is 14.4. The maximum atomic E-state index is 13.8. The summed E-state index contributed by atoms with van der Waals surface area (Å²) in [5.41, 5.74) is 0.704. The van der Waals surface area contributed by atoms with Crippen molar-refractivity contribution in [3.63, 3.8) is 0 Å². The van der Waals surface area contributed by atoms with Gasteiger partial charge in [0.15, 0.2) is 0 Å². The molecule has 0 amide bonds. The highest BCUT2D eigenvalue weighted by atomic mass is 19.1. The van der Waals surface area contributed by atoms with Crippen molar-refractivity contribution in [2.75, 3.05) is 0 Å². The number of rotatable bonds is 2. The normalized spacial score (nSPS) is 20.9. The molecule has 0 spiro atoms. The fourth-order valence-electron chi connectivity index (χ4n) is 2.04. The van der Waals surface area contributed by atoms with Crippen LogP contribution in [0.1, 0.15) is 38.8 Å². The maximum absolute atomic E-state index is 13.8. The van der Waals surface area contributed by atoms with Crippen molar-refractivity contribution >= 4 is 12.6 Å². The maximum Gasteiger partial charge on any atom is 0.494 e. The van der Waals surface area contributed by atoms with E-state index in [1.54, 1.807) is 13.0 Å². The fourth-order valence-corrected chi connectivity index (χ4v) is 2.04. The van der Waals surface area contributed by atoms with Gasteiger partial charge in [-0.25, -0.2) is 4.39 Å². The smallest absolute Gasteiger partial charge is 0.399 e. The average molecular weight is 266 g/mol. The molecule has 0 bridgehead atoms. The molecule has 2 rings (SSSR count). The molecule has 1 aliphatic rings. The van der Waals surface area contributed by atoms with E-state index in [1.165, 1.54) is 6.07 Å². The largest absolute Gasteiger partial charge is 0.494 e. The molecule has 1 aromatic carbocycles. The topological polar surface area (TPSA) is 38.7 Å². The van der Waals surface area contributed by atoms with Crippen LogP contribution in [0.15, 0.2) is 12.1 Å². The first-order valence-electron chi connectivity index (χ1n) is 6.43. The summed E-state index contributed by atoms with van der Waals surface area (Å²) >= 11 is 0. The molecule has 1 aliphatic heterocycles. The van der Waals surface area contributed by atoms with E-state index in [2.05, 4.69) is 0 Å². The van der Waals surface area contributed by atoms with E-state index < -0.39 is 18.3 Å². The molecule has 5 heteroatoms. The Balaban J connectivity index is 2.37. The van der Waals surface area contributed by atoms with E-state index in [-0.39, 0.29) is 12.4 Å². The monoisotopic (exact) mass is 266 g/mol. The van der Waals surface area contributed by atoms with Gasteiger partial charge < -0.3 is 14.4 Å². The molecule has 0 aliphatic carbocycles. The Labute approximate surface area is 113 Å². The van der Waals surface area contributed by atoms with Gasteiger partial charge in [0.2, 0.25) is 0 Å². The van der Waals surface area contributed by atoms with Crippen LogP contribution >= 0.6 is 0 Å². The Morgan fingerprint density at radius 2 is 1.68 bits per heavy atom. The summed E-state index contributed by atoms with van der Waals surface area (Å²) in [5, 5.41) is 9.27. The van der Waals surface area contributed by atoms with Gasteiger partial charge in [-0.2, -0.15) is 0 Å². The van der Waals surface area contributed by atoms with Crippen LogP contribution in [-0.4, -0.2) is 23.4 Å². The van der Waals surface area contributed by atoms with E-state index in [1.807, 2.05) is 27.7 Å². The third-order valence-electron chi connectivity index (χ3n) is 4.17. The van der Waals surface area contributed by atoms with Crippen molar-refractivity contribution in [2.24, 2.45) is 0 Å². The van der Waals surface area contributed by atoms with E-state index in [0.717, 1.165) is 0 Å². The molecule has 0 saturated carbocycles. The van der Waals surface area contributed by atoms with Gasteiger partial charge in [-0.05, 0) is 57.3 Å². The molecule has 0 aromatic heterocycles. The van der Waals surface area contributed by atoms with E-state index in [4.69, 9.17) is 9.31 Å². The predicted molar refractivity (Wildman–Crippen MR) is 72.8 cm³/mol. The number of halogens is 1. The summed E-state index contributed by atoms with van der Waals surface area (Å²) in [6, 6.07) is 3.15. The first-order chi connectivity index (χ1) is 8.68. The molecule has 0 atom stereocenters. The number of hydrogen-bond acceptors (Lipinski definition) is 3. The second-order valence-corrected chi connectivity index (χ2v) is 6.03. The Morgan fingerprint density at radius 3 is 2.16 bits per heavy atom. The van der Waals surface area contributed by atoms with Crippen LogP contribution in [0.2, 0.25) is 0 Å². The second-order valence-electron chi connectivity index (χ2n) is 6.03. The molecule has 1 N–H and O–H groups in total. The minimum absolute atomic E-state index is 0.198. The van der Waals surface area contributed by atoms with Gasteiger partial charge in [0.05, 0.1) is 17.8 Å². The fraction of sp³-hybridized carbons (Fsp3) is 0.571. The second kappa shape index (κ2) is 4.58. The third-order valence-corrected chi connectivity index (χ3v) is 4.17. The molecular formula is C14H20BFO3. The molecule has 1 saturated heterocycles. The van der Waals surface area contributed by atoms with Crippen LogP contribution in [-0.2, 0) is 15.9 Å². The Bertz CT molecular complexity index is 484. The lowest BCUT2D eigenvalue weighted by Crippen LogP contribution is -2.41. The summed E-state index contributed by atoms with van der Waals surface area (Å²) < 4.78 is 25.6. The first kappa shape index (κ1) is 14.5. The zero-order valence-corrected chi connectivity index (χ0v) is 12.1. The summed E-state index contributed by atoms with van der Waals surface area (Å²) in [4.78, 5) is 0. The van der Waals surface area contributed by atoms with Crippen molar-refractivity contribution < 1.29 is 18.8 Å². The highest BCUT2D eigenvalue weighted by molar-refractivity contribution is 6.62. The zero-order valence-electron chi connectivity index (χ0n) is 12.1. The van der Waals surface area contributed by atoms with E-state index in [0.29, 0.717) is 16.6 Å². The molecule has 1 heterocycles. The molecule has 1 fully saturated rings. The van der Waals surface area contributed by atoms with Gasteiger partial charge in [-0.15, -0.1) is 0 Å². The van der Waals surface area contributed by atoms with E-state index >= 15 is 0 Å². The number of hydrogen-bond donors (Lipinski definition) is 1. The number of aliphatic hydroxyl groups excluding tert-OH is 1. The Hall–Kier alpha value is -0.905. The molecule has 0 unspecified atom stereocenters. The van der Waals surface area contributed by atoms with Crippen LogP contribution in [0.3, 0.4) is 0 Å². The van der Waals surface area contributed by atoms with Gasteiger partial charge in [-0.1, -0.05) is 6.07 Å². The number of benzene rings is 1. The average Bonchev–Trinajstić information content (AvgIpc) is 2.52. The van der Waals surface area contributed by atoms with E-state index in [9.17, 15) is 9.50 Å². The highest BCUT2D eigenvalue weighted by Gasteiger charge is 2.51. The first-order valence-corrected chi connectivity index (χ1v) is 6.43. The number of aliphatic hydroxyl groups is 1. The van der Waals surface area contributed by atoms with Gasteiger partial charge in [0.25, 0.3) is 0 Å². The summed E-state index contributed by atoms with van der Waals surface area (Å²) in [5.74, 6) is -0.351. The van der Waals surface area contributed by atoms with Crippen molar-refractivity contribution in [2.45, 2.75) is 52.4 Å². The third kappa shape index (κ3) is 2.42. The Morgan fingerprint density at radius 1 is 1.16 bits per heavy atom. The van der Waals surface area contributed by atoms with Gasteiger partial charge in [-0.3, -0.25) is 0 Å². The van der Waals surface area contributed by atoms with Crippen molar-refractivity contribution in [1.29, 1.82) is 0 Å². The van der Waals surface area contributed by atoms with Crippen molar-refractivity contribution in [3.8, 4) is 0 Å². The Kier molecular flexibility index (Phi) is 3.50. The summed E-state index contributed by atoms with van der Waals surface area (Å²) in [6.07, 6.45) is 0. The van der Waals surface area contributed by atoms with Crippen LogP contribution < -0.4 is 5.46 Å². The molecule has 19 heavy (non-hydrogen) atoms. The molecule has 104 valence electrons. The van der Waals surface area contributed by atoms with Crippen molar-refractivity contribution in [1.82, 2.24) is 0 Å². The highest BCUT2D eigenvalue weighted by Crippen LogP contribution is 2.36. The minimum Gasteiger partial charge on any atom is -0.399 e. The van der Waals surface area contributed by atoms with Gasteiger partial charge in [0.1, 0.15) is 5.82 Å². The lowest BCUT2D eigenvalue weighted by molar-refractivity contribution is 0.00578. The lowest BCUT2D eigenvalue weighted by atomic mass is 9.77. The predicted octanol–water partition coefficient (Wildman–Crippen LogP) is 1.93. The van der Waals surface area contributed by atoms with Gasteiger partial charge in [0, 0.05) is 0 Å². The minimum atomic E-state index is -0.606. The molecular weight excluding hydrogens is 246 g/mol. The van der Waals surface area contributed by atoms with Crippen LogP contribution in [0, 0.1) is 12.7 Å². The van der Waals surface area contributed by atoms with Crippen molar-refractivity contribution in [3.05, 3.63) is 29.1 Å². The lowest BCUT2D eigenvalue weighted by Gasteiger charge is -2.32. The van der Waals surface area contributed by atoms with Crippen LogP contribution in [0.25, 0.3) is 0 Å². The summed E-state index contributed by atoms with van der Waals surface area (Å²) in [6.45, 7) is 9.25. The summed E-state index contributed by atoms with van der Waals surface area (Å²) in [7, 11) is -0.606. The standard InChI is InChI=1S/C14H20BFO3/c1-9-10(8-17)6-11(7-12(9)16)15-18-13(2,3)14(4,5)19-15/h6-7,17H,8H2,1-5H3. The van der Waals surface area contributed by atoms with Gasteiger partial charge >= 0.3 is 7.12 Å². The quantitative estimate of drug-likeness (QED) is 0.831. The molecule has 0 radical (unpaired) electrons. The van der Waals surface area contributed by atoms with Crippen LogP contribution in [0.5, 0.6) is 0 Å².